The Bertz CT molecular complexity index is 824. The molecule has 1 aromatic heterocycles. The molecule has 1 fully saturated rings. The van der Waals surface area contributed by atoms with Crippen molar-refractivity contribution in [3.63, 3.8) is 0 Å². The van der Waals surface area contributed by atoms with Gasteiger partial charge in [-0.3, -0.25) is 0 Å². The SMILES string of the molecule is Cc1ccc(C)c(OC[C@H]2C(Cl)CC(O)[C@@H]2CCCc2ncc(C(=O)O)s2)c1. The number of thiazole rings is 1. The highest BCUT2D eigenvalue weighted by Crippen LogP contribution is 2.39. The van der Waals surface area contributed by atoms with Crippen LogP contribution >= 0.6 is 22.9 Å². The van der Waals surface area contributed by atoms with Crippen molar-refractivity contribution in [2.45, 2.75) is 51.0 Å². The number of carbonyl (C=O) groups is 1. The topological polar surface area (TPSA) is 79.7 Å². The molecule has 2 aromatic rings. The summed E-state index contributed by atoms with van der Waals surface area (Å²) in [6, 6.07) is 6.13. The van der Waals surface area contributed by atoms with Crippen molar-refractivity contribution >= 4 is 28.9 Å². The maximum absolute atomic E-state index is 11.0. The van der Waals surface area contributed by atoms with E-state index in [2.05, 4.69) is 11.1 Å². The highest BCUT2D eigenvalue weighted by Gasteiger charge is 2.41. The molecule has 1 saturated carbocycles. The second kappa shape index (κ2) is 9.25. The lowest BCUT2D eigenvalue weighted by Gasteiger charge is -2.24. The van der Waals surface area contributed by atoms with Gasteiger partial charge in [0, 0.05) is 11.3 Å². The van der Waals surface area contributed by atoms with E-state index in [-0.39, 0.29) is 22.1 Å². The standard InChI is InChI=1S/C21H26ClNO4S/c1-12-6-7-13(2)18(8-12)27-11-15-14(17(24)9-16(15)22)4-3-5-20-23-10-19(28-20)21(25)26/h6-8,10,14-17,24H,3-5,9,11H2,1-2H3,(H,25,26)/t14-,15-,16?,17?/m1/s1. The van der Waals surface area contributed by atoms with Gasteiger partial charge in [0.05, 0.1) is 23.9 Å². The Kier molecular flexibility index (Phi) is 6.96. The monoisotopic (exact) mass is 423 g/mol. The molecule has 0 aliphatic heterocycles. The van der Waals surface area contributed by atoms with Crippen molar-refractivity contribution in [2.75, 3.05) is 6.61 Å². The van der Waals surface area contributed by atoms with Crippen LogP contribution in [-0.2, 0) is 6.42 Å². The molecule has 152 valence electrons. The van der Waals surface area contributed by atoms with E-state index < -0.39 is 12.1 Å². The lowest BCUT2D eigenvalue weighted by Crippen LogP contribution is -2.26. The third kappa shape index (κ3) is 5.04. The third-order valence-corrected chi connectivity index (χ3v) is 6.99. The van der Waals surface area contributed by atoms with Gasteiger partial charge < -0.3 is 14.9 Å². The van der Waals surface area contributed by atoms with E-state index in [1.165, 1.54) is 17.5 Å². The zero-order chi connectivity index (χ0) is 20.3. The van der Waals surface area contributed by atoms with Gasteiger partial charge in [0.15, 0.2) is 0 Å². The number of carboxylic acids is 1. The van der Waals surface area contributed by atoms with Crippen LogP contribution in [0.25, 0.3) is 0 Å². The summed E-state index contributed by atoms with van der Waals surface area (Å²) in [5, 5.41) is 20.2. The van der Waals surface area contributed by atoms with Gasteiger partial charge in [0.1, 0.15) is 10.6 Å². The van der Waals surface area contributed by atoms with E-state index in [4.69, 9.17) is 21.4 Å². The number of halogens is 1. The van der Waals surface area contributed by atoms with Crippen LogP contribution < -0.4 is 4.74 Å². The van der Waals surface area contributed by atoms with Gasteiger partial charge in [-0.2, -0.15) is 0 Å². The van der Waals surface area contributed by atoms with E-state index in [1.54, 1.807) is 0 Å². The zero-order valence-corrected chi connectivity index (χ0v) is 17.7. The number of aryl methyl sites for hydroxylation is 3. The normalized spacial score (nSPS) is 24.4. The molecule has 1 aliphatic carbocycles. The van der Waals surface area contributed by atoms with Crippen LogP contribution in [0.1, 0.15) is 45.1 Å². The number of benzene rings is 1. The minimum Gasteiger partial charge on any atom is -0.493 e. The highest BCUT2D eigenvalue weighted by atomic mass is 35.5. The Morgan fingerprint density at radius 2 is 2.14 bits per heavy atom. The van der Waals surface area contributed by atoms with Crippen LogP contribution in [-0.4, -0.2) is 39.3 Å². The average Bonchev–Trinajstić information content (AvgIpc) is 3.21. The summed E-state index contributed by atoms with van der Waals surface area (Å²) in [6.45, 7) is 4.54. The minimum atomic E-state index is -0.941. The minimum absolute atomic E-state index is 0.0755. The fourth-order valence-electron chi connectivity index (χ4n) is 3.83. The zero-order valence-electron chi connectivity index (χ0n) is 16.1. The second-order valence-electron chi connectivity index (χ2n) is 7.54. The number of aromatic nitrogens is 1. The van der Waals surface area contributed by atoms with E-state index in [0.717, 1.165) is 34.7 Å². The molecule has 1 aromatic carbocycles. The molecule has 2 unspecified atom stereocenters. The first-order valence-electron chi connectivity index (χ1n) is 9.55. The number of rotatable bonds is 8. The van der Waals surface area contributed by atoms with Crippen LogP contribution in [0.3, 0.4) is 0 Å². The molecular weight excluding hydrogens is 398 g/mol. The number of aliphatic hydroxyl groups is 1. The Labute approximate surface area is 174 Å². The molecular formula is C21H26ClNO4S. The number of nitrogens with zero attached hydrogens (tertiary/aromatic N) is 1. The molecule has 4 atom stereocenters. The van der Waals surface area contributed by atoms with Gasteiger partial charge in [-0.15, -0.1) is 22.9 Å². The van der Waals surface area contributed by atoms with Crippen LogP contribution in [0.15, 0.2) is 24.4 Å². The van der Waals surface area contributed by atoms with Crippen molar-refractivity contribution in [3.05, 3.63) is 45.4 Å². The number of ether oxygens (including phenoxy) is 1. The Balaban J connectivity index is 1.57. The Morgan fingerprint density at radius 1 is 1.36 bits per heavy atom. The van der Waals surface area contributed by atoms with E-state index in [9.17, 15) is 9.90 Å². The van der Waals surface area contributed by atoms with E-state index >= 15 is 0 Å². The number of aliphatic hydroxyl groups excluding tert-OH is 1. The molecule has 0 bridgehead atoms. The van der Waals surface area contributed by atoms with Gasteiger partial charge >= 0.3 is 5.97 Å². The molecule has 0 radical (unpaired) electrons. The first kappa shape index (κ1) is 21.1. The number of hydrogen-bond acceptors (Lipinski definition) is 5. The number of alkyl halides is 1. The molecule has 7 heteroatoms. The van der Waals surface area contributed by atoms with Gasteiger partial charge in [-0.05, 0) is 62.6 Å². The molecule has 0 amide bonds. The Hall–Kier alpha value is -1.63. The lowest BCUT2D eigenvalue weighted by molar-refractivity contribution is 0.0702. The quantitative estimate of drug-likeness (QED) is 0.612. The highest BCUT2D eigenvalue weighted by molar-refractivity contribution is 7.13. The van der Waals surface area contributed by atoms with Crippen LogP contribution in [0.4, 0.5) is 0 Å². The predicted octanol–water partition coefficient (Wildman–Crippen LogP) is 4.46. The van der Waals surface area contributed by atoms with Crippen molar-refractivity contribution in [1.82, 2.24) is 4.98 Å². The summed E-state index contributed by atoms with van der Waals surface area (Å²) >= 11 is 7.74. The number of hydrogen-bond donors (Lipinski definition) is 2. The molecule has 1 aliphatic rings. The number of carboxylic acid groups (broad SMARTS) is 1. The second-order valence-corrected chi connectivity index (χ2v) is 9.22. The summed E-state index contributed by atoms with van der Waals surface area (Å²) in [6.07, 6.45) is 3.90. The molecule has 0 spiro atoms. The van der Waals surface area contributed by atoms with Gasteiger partial charge in [-0.25, -0.2) is 9.78 Å². The van der Waals surface area contributed by atoms with Gasteiger partial charge in [-0.1, -0.05) is 12.1 Å². The van der Waals surface area contributed by atoms with Crippen molar-refractivity contribution in [2.24, 2.45) is 11.8 Å². The first-order valence-corrected chi connectivity index (χ1v) is 10.8. The maximum atomic E-state index is 11.0. The summed E-state index contributed by atoms with van der Waals surface area (Å²) < 4.78 is 6.07. The van der Waals surface area contributed by atoms with E-state index in [0.29, 0.717) is 19.4 Å². The smallest absolute Gasteiger partial charge is 0.347 e. The fourth-order valence-corrected chi connectivity index (χ4v) is 5.07. The number of aromatic carboxylic acids is 1. The Morgan fingerprint density at radius 3 is 2.86 bits per heavy atom. The summed E-state index contributed by atoms with van der Waals surface area (Å²) in [4.78, 5) is 15.4. The van der Waals surface area contributed by atoms with Crippen molar-refractivity contribution in [1.29, 1.82) is 0 Å². The summed E-state index contributed by atoms with van der Waals surface area (Å²) in [5.74, 6) is 0.0885. The van der Waals surface area contributed by atoms with Crippen molar-refractivity contribution < 1.29 is 19.7 Å². The van der Waals surface area contributed by atoms with Gasteiger partial charge in [0.2, 0.25) is 0 Å². The summed E-state index contributed by atoms with van der Waals surface area (Å²) in [7, 11) is 0. The third-order valence-electron chi connectivity index (χ3n) is 5.44. The molecule has 1 heterocycles. The molecule has 3 rings (SSSR count). The van der Waals surface area contributed by atoms with Gasteiger partial charge in [0.25, 0.3) is 0 Å². The molecule has 5 nitrogen and oxygen atoms in total. The fraction of sp³-hybridized carbons (Fsp3) is 0.524. The average molecular weight is 424 g/mol. The summed E-state index contributed by atoms with van der Waals surface area (Å²) in [5.41, 5.74) is 2.24. The predicted molar refractivity (Wildman–Crippen MR) is 111 cm³/mol. The lowest BCUT2D eigenvalue weighted by atomic mass is 9.90. The van der Waals surface area contributed by atoms with Crippen LogP contribution in [0.5, 0.6) is 5.75 Å². The molecule has 28 heavy (non-hydrogen) atoms. The largest absolute Gasteiger partial charge is 0.493 e. The molecule has 0 saturated heterocycles. The van der Waals surface area contributed by atoms with Crippen molar-refractivity contribution in [3.8, 4) is 5.75 Å². The van der Waals surface area contributed by atoms with E-state index in [1.807, 2.05) is 26.0 Å². The molecule has 2 N–H and O–H groups in total. The van der Waals surface area contributed by atoms with Crippen LogP contribution in [0, 0.1) is 25.7 Å². The maximum Gasteiger partial charge on any atom is 0.347 e. The van der Waals surface area contributed by atoms with Crippen LogP contribution in [0.2, 0.25) is 0 Å². The first-order chi connectivity index (χ1) is 13.3.